The van der Waals surface area contributed by atoms with E-state index in [1.807, 2.05) is 0 Å². The molecule has 6 rings (SSSR count). The number of rotatable bonds is 14. The van der Waals surface area contributed by atoms with Crippen molar-refractivity contribution in [3.05, 3.63) is 23.3 Å². The van der Waals surface area contributed by atoms with Crippen molar-refractivity contribution in [2.75, 3.05) is 47.1 Å². The van der Waals surface area contributed by atoms with Crippen molar-refractivity contribution in [3.8, 4) is 0 Å². The molecule has 0 aromatic rings. The summed E-state index contributed by atoms with van der Waals surface area (Å²) in [6, 6.07) is 0. The molecule has 4 saturated heterocycles. The first kappa shape index (κ1) is 41.5. The van der Waals surface area contributed by atoms with Gasteiger partial charge in [-0.05, 0) is 80.1 Å². The Morgan fingerprint density at radius 3 is 1.62 bits per heavy atom. The van der Waals surface area contributed by atoms with Crippen LogP contribution in [0, 0.1) is 11.8 Å². The largest absolute Gasteiger partial charge is 0.444 e. The van der Waals surface area contributed by atoms with Gasteiger partial charge < -0.3 is 54.7 Å². The molecule has 300 valence electrons. The first-order valence-corrected chi connectivity index (χ1v) is 18.9. The number of alkyl carbamates (subject to hydrolysis) is 1. The monoisotopic (exact) mass is 750 g/mol. The van der Waals surface area contributed by atoms with Gasteiger partial charge in [0.2, 0.25) is 5.91 Å². The Morgan fingerprint density at radius 1 is 0.792 bits per heavy atom. The summed E-state index contributed by atoms with van der Waals surface area (Å²) in [5, 5.41) is 5.08. The fourth-order valence-electron chi connectivity index (χ4n) is 8.92. The van der Waals surface area contributed by atoms with Crippen LogP contribution in [0.1, 0.15) is 80.1 Å². The second kappa shape index (κ2) is 16.6. The summed E-state index contributed by atoms with van der Waals surface area (Å²) in [5.74, 6) is -0.483. The van der Waals surface area contributed by atoms with Crippen LogP contribution in [0.5, 0.6) is 0 Å². The minimum absolute atomic E-state index is 0.00219. The van der Waals surface area contributed by atoms with Gasteiger partial charge >= 0.3 is 12.2 Å². The topological polar surface area (TPSA) is 214 Å². The molecule has 0 aromatic heterocycles. The lowest BCUT2D eigenvalue weighted by molar-refractivity contribution is -0.125. The zero-order chi connectivity index (χ0) is 38.8. The Kier molecular flexibility index (Phi) is 13.0. The van der Waals surface area contributed by atoms with Crippen molar-refractivity contribution in [1.29, 1.82) is 0 Å². The predicted octanol–water partition coefficient (Wildman–Crippen LogP) is 3.02. The molecule has 2 spiro atoms. The standard InChI is InChI=1S/C21H35N3O6.C17H27NO5/c1-13(2)5-6-15-20(3,30-15)18-17(27-4)14(7-8-21(18)12-28-21)29-19(26)24-16(25)11-23-10-9-22;1-10(2)5-6-12-16(3,23-12)14-13(20-4)11(22-15(18)19)7-8-17(14)9-21-17/h5,14-15,17-18,23H,6-12,22H2,1-4H3,(H,24,25,26);5,11-14H,6-9H2,1-4H3,(H2,18,19)/t14-,15-,17-,18-,20-,21+;11-,12-,13-,14-,16-,17+/m11/s1. The minimum atomic E-state index is -0.768. The van der Waals surface area contributed by atoms with E-state index in [2.05, 4.69) is 64.3 Å². The zero-order valence-electron chi connectivity index (χ0n) is 32.7. The van der Waals surface area contributed by atoms with E-state index in [4.69, 9.17) is 49.4 Å². The highest BCUT2D eigenvalue weighted by atomic mass is 16.6. The molecular weight excluding hydrogens is 688 g/mol. The molecule has 6 aliphatic rings. The predicted molar refractivity (Wildman–Crippen MR) is 194 cm³/mol. The van der Waals surface area contributed by atoms with E-state index in [0.29, 0.717) is 32.5 Å². The van der Waals surface area contributed by atoms with Gasteiger partial charge in [-0.25, -0.2) is 9.59 Å². The Labute approximate surface area is 313 Å². The number of amides is 3. The highest BCUT2D eigenvalue weighted by Crippen LogP contribution is 2.61. The van der Waals surface area contributed by atoms with Crippen molar-refractivity contribution >= 4 is 18.1 Å². The molecule has 4 aliphatic heterocycles. The first-order valence-electron chi connectivity index (χ1n) is 18.9. The van der Waals surface area contributed by atoms with E-state index in [1.165, 1.54) is 11.1 Å². The van der Waals surface area contributed by atoms with Gasteiger partial charge in [-0.15, -0.1) is 0 Å². The van der Waals surface area contributed by atoms with Crippen LogP contribution in [0.15, 0.2) is 23.3 Å². The molecule has 2 aliphatic carbocycles. The van der Waals surface area contributed by atoms with Crippen LogP contribution >= 0.6 is 0 Å². The van der Waals surface area contributed by atoms with E-state index in [9.17, 15) is 14.4 Å². The van der Waals surface area contributed by atoms with Crippen LogP contribution in [0.4, 0.5) is 9.59 Å². The summed E-state index contributed by atoms with van der Waals surface area (Å²) >= 11 is 0. The lowest BCUT2D eigenvalue weighted by Crippen LogP contribution is -2.56. The third-order valence-electron chi connectivity index (χ3n) is 11.8. The van der Waals surface area contributed by atoms with Crippen LogP contribution in [-0.4, -0.2) is 124 Å². The molecule has 12 atom stereocenters. The fraction of sp³-hybridized carbons (Fsp3) is 0.816. The van der Waals surface area contributed by atoms with Crippen molar-refractivity contribution in [2.24, 2.45) is 23.3 Å². The van der Waals surface area contributed by atoms with Gasteiger partial charge in [-0.1, -0.05) is 23.3 Å². The molecule has 6 N–H and O–H groups in total. The van der Waals surface area contributed by atoms with Crippen molar-refractivity contribution < 1.29 is 52.3 Å². The van der Waals surface area contributed by atoms with E-state index >= 15 is 0 Å². The SMILES string of the molecule is CO[C@@H]1[C@H](OC(=O)NC(=O)CNCCN)CC[C@]2(CO2)[C@H]1[C@]1(C)O[C@@H]1CC=C(C)C.CO[C@@H]1[C@H](OC(N)=O)CC[C@]2(CO2)[C@H]1[C@]1(C)O[C@@H]1CC=C(C)C. The number of carbonyl (C=O) groups excluding carboxylic acids is 3. The maximum absolute atomic E-state index is 12.3. The van der Waals surface area contributed by atoms with Gasteiger partial charge in [-0.3, -0.25) is 10.1 Å². The summed E-state index contributed by atoms with van der Waals surface area (Å²) < 4.78 is 46.4. The molecule has 0 unspecified atom stereocenters. The van der Waals surface area contributed by atoms with Gasteiger partial charge in [0.25, 0.3) is 0 Å². The fourth-order valence-corrected chi connectivity index (χ4v) is 8.92. The van der Waals surface area contributed by atoms with Crippen LogP contribution in [0.25, 0.3) is 0 Å². The highest BCUT2D eigenvalue weighted by Gasteiger charge is 2.73. The number of hydrogen-bond acceptors (Lipinski definition) is 13. The smallest absolute Gasteiger partial charge is 0.414 e. The van der Waals surface area contributed by atoms with Gasteiger partial charge in [0, 0.05) is 27.3 Å². The Hall–Kier alpha value is -2.63. The third kappa shape index (κ3) is 9.43. The lowest BCUT2D eigenvalue weighted by Gasteiger charge is -2.42. The summed E-state index contributed by atoms with van der Waals surface area (Å²) in [6.07, 6.45) is 6.22. The maximum Gasteiger partial charge on any atom is 0.414 e. The molecule has 6 fully saturated rings. The van der Waals surface area contributed by atoms with Gasteiger partial charge in [0.1, 0.15) is 46.8 Å². The number of primary amides is 1. The Morgan fingerprint density at radius 2 is 1.25 bits per heavy atom. The molecule has 0 aromatic carbocycles. The van der Waals surface area contributed by atoms with Crippen LogP contribution < -0.4 is 22.1 Å². The number of epoxide rings is 4. The van der Waals surface area contributed by atoms with E-state index in [0.717, 1.165) is 32.3 Å². The average molecular weight is 751 g/mol. The first-order chi connectivity index (χ1) is 25.1. The maximum atomic E-state index is 12.3. The number of hydrogen-bond donors (Lipinski definition) is 4. The number of ether oxygens (including phenoxy) is 8. The lowest BCUT2D eigenvalue weighted by atomic mass is 9.68. The molecule has 2 saturated carbocycles. The normalized spacial score (nSPS) is 40.2. The number of methoxy groups -OCH3 is 2. The molecule has 15 heteroatoms. The van der Waals surface area contributed by atoms with E-state index < -0.39 is 29.8 Å². The molecule has 53 heavy (non-hydrogen) atoms. The summed E-state index contributed by atoms with van der Waals surface area (Å²) in [7, 11) is 3.26. The van der Waals surface area contributed by atoms with Crippen LogP contribution in [0.2, 0.25) is 0 Å². The van der Waals surface area contributed by atoms with Gasteiger partial charge in [0.15, 0.2) is 0 Å². The number of nitrogens with two attached hydrogens (primary N) is 2. The summed E-state index contributed by atoms with van der Waals surface area (Å²) in [5.41, 5.74) is 11.9. The summed E-state index contributed by atoms with van der Waals surface area (Å²) in [4.78, 5) is 35.3. The van der Waals surface area contributed by atoms with Crippen LogP contribution in [-0.2, 0) is 42.7 Å². The summed E-state index contributed by atoms with van der Waals surface area (Å²) in [6.45, 7) is 14.8. The van der Waals surface area contributed by atoms with Crippen LogP contribution in [0.3, 0.4) is 0 Å². The molecule has 15 nitrogen and oxygen atoms in total. The highest BCUT2D eigenvalue weighted by molar-refractivity contribution is 5.92. The van der Waals surface area contributed by atoms with Crippen molar-refractivity contribution in [1.82, 2.24) is 10.6 Å². The number of carbonyl (C=O) groups is 3. The number of nitrogens with one attached hydrogen (secondary N) is 2. The molecule has 0 radical (unpaired) electrons. The van der Waals surface area contributed by atoms with Gasteiger partial charge in [-0.2, -0.15) is 0 Å². The second-order valence-electron chi connectivity index (χ2n) is 16.2. The molecular formula is C38H62N4O11. The quantitative estimate of drug-likeness (QED) is 0.114. The zero-order valence-corrected chi connectivity index (χ0v) is 32.7. The average Bonchev–Trinajstić information content (AvgIpc) is 3.96. The number of imide groups is 1. The molecule has 4 heterocycles. The Balaban J connectivity index is 0.000000211. The van der Waals surface area contributed by atoms with E-state index in [-0.39, 0.29) is 65.7 Å². The van der Waals surface area contributed by atoms with Crippen molar-refractivity contribution in [2.45, 2.75) is 139 Å². The Bertz CT molecular complexity index is 1390. The van der Waals surface area contributed by atoms with Crippen molar-refractivity contribution in [3.63, 3.8) is 0 Å². The molecule has 0 bridgehead atoms. The van der Waals surface area contributed by atoms with Gasteiger partial charge in [0.05, 0.1) is 43.8 Å². The third-order valence-corrected chi connectivity index (χ3v) is 11.8. The number of allylic oxidation sites excluding steroid dienone is 2. The molecule has 3 amide bonds. The van der Waals surface area contributed by atoms with E-state index in [1.54, 1.807) is 14.2 Å². The second-order valence-corrected chi connectivity index (χ2v) is 16.2. The minimum Gasteiger partial charge on any atom is -0.444 e.